The predicted octanol–water partition coefficient (Wildman–Crippen LogP) is 4.71. The minimum atomic E-state index is 0.106. The highest BCUT2D eigenvalue weighted by atomic mass is 35.5. The Hall–Kier alpha value is -0.730. The maximum atomic E-state index is 6.16. The number of hydrogen-bond donors (Lipinski definition) is 1. The van der Waals surface area contributed by atoms with Crippen LogP contribution in [0.2, 0.25) is 5.02 Å². The number of rotatable bonds is 6. The van der Waals surface area contributed by atoms with Crippen molar-refractivity contribution >= 4 is 17.3 Å². The molecule has 1 rings (SSSR count). The van der Waals surface area contributed by atoms with Gasteiger partial charge in [0.25, 0.3) is 0 Å². The normalized spacial score (nSPS) is 13.3. The molecule has 0 aliphatic heterocycles. The summed E-state index contributed by atoms with van der Waals surface area (Å²) in [7, 11) is 2.16. The smallest absolute Gasteiger partial charge is 0.0410 e. The van der Waals surface area contributed by atoms with E-state index in [0.717, 1.165) is 18.1 Å². The molecule has 114 valence electrons. The molecular weight excluding hydrogens is 268 g/mol. The first-order chi connectivity index (χ1) is 9.23. The summed E-state index contributed by atoms with van der Waals surface area (Å²) >= 11 is 6.16. The van der Waals surface area contributed by atoms with Crippen LogP contribution in [0.4, 0.5) is 5.69 Å². The van der Waals surface area contributed by atoms with Crippen LogP contribution in [0.3, 0.4) is 0 Å². The topological polar surface area (TPSA) is 15.3 Å². The molecule has 2 nitrogen and oxygen atoms in total. The number of hydrogen-bond acceptors (Lipinski definition) is 2. The molecular formula is C17H29ClN2. The van der Waals surface area contributed by atoms with Crippen molar-refractivity contribution in [2.75, 3.05) is 18.5 Å². The quantitative estimate of drug-likeness (QED) is 0.818. The van der Waals surface area contributed by atoms with Crippen molar-refractivity contribution < 1.29 is 0 Å². The molecule has 0 radical (unpaired) electrons. The van der Waals surface area contributed by atoms with Crippen LogP contribution in [0, 0.1) is 5.92 Å². The lowest BCUT2D eigenvalue weighted by Crippen LogP contribution is -2.35. The molecule has 0 aromatic heterocycles. The van der Waals surface area contributed by atoms with Crippen molar-refractivity contribution in [1.82, 2.24) is 5.32 Å². The van der Waals surface area contributed by atoms with E-state index in [2.05, 4.69) is 64.0 Å². The van der Waals surface area contributed by atoms with Gasteiger partial charge >= 0.3 is 0 Å². The summed E-state index contributed by atoms with van der Waals surface area (Å²) in [6.45, 7) is 13.0. The third kappa shape index (κ3) is 5.72. The largest absolute Gasteiger partial charge is 0.374 e. The fraction of sp³-hybridized carbons (Fsp3) is 0.647. The third-order valence-corrected chi connectivity index (χ3v) is 3.78. The highest BCUT2D eigenvalue weighted by molar-refractivity contribution is 6.30. The summed E-state index contributed by atoms with van der Waals surface area (Å²) in [5.74, 6) is 0.694. The van der Waals surface area contributed by atoms with E-state index in [-0.39, 0.29) is 5.54 Å². The van der Waals surface area contributed by atoms with Gasteiger partial charge in [-0.3, -0.25) is 0 Å². The lowest BCUT2D eigenvalue weighted by molar-refractivity contribution is 0.424. The molecule has 0 spiro atoms. The van der Waals surface area contributed by atoms with Crippen molar-refractivity contribution in [3.8, 4) is 0 Å². The first kappa shape index (κ1) is 17.3. The van der Waals surface area contributed by atoms with Gasteiger partial charge in [0.05, 0.1) is 0 Å². The Morgan fingerprint density at radius 3 is 2.50 bits per heavy atom. The molecule has 0 saturated carbocycles. The molecule has 0 amide bonds. The Morgan fingerprint density at radius 1 is 1.30 bits per heavy atom. The van der Waals surface area contributed by atoms with Gasteiger partial charge in [-0.05, 0) is 50.5 Å². The lowest BCUT2D eigenvalue weighted by Gasteiger charge is -2.27. The van der Waals surface area contributed by atoms with Crippen LogP contribution in [0.5, 0.6) is 0 Å². The van der Waals surface area contributed by atoms with Gasteiger partial charge in [-0.15, -0.1) is 0 Å². The number of benzene rings is 1. The van der Waals surface area contributed by atoms with E-state index < -0.39 is 0 Å². The van der Waals surface area contributed by atoms with E-state index in [1.807, 2.05) is 6.07 Å². The first-order valence-corrected chi connectivity index (χ1v) is 7.85. The van der Waals surface area contributed by atoms with Gasteiger partial charge < -0.3 is 10.2 Å². The second-order valence-electron chi connectivity index (χ2n) is 6.77. The molecule has 1 aromatic rings. The summed E-state index contributed by atoms with van der Waals surface area (Å²) in [4.78, 5) is 2.34. The molecule has 0 heterocycles. The number of nitrogens with one attached hydrogen (secondary N) is 1. The zero-order valence-electron chi connectivity index (χ0n) is 13.8. The van der Waals surface area contributed by atoms with Crippen LogP contribution in [0.1, 0.15) is 46.6 Å². The van der Waals surface area contributed by atoms with Gasteiger partial charge in [-0.1, -0.05) is 31.9 Å². The average Bonchev–Trinajstić information content (AvgIpc) is 2.35. The maximum Gasteiger partial charge on any atom is 0.0410 e. The van der Waals surface area contributed by atoms with Gasteiger partial charge in [0, 0.05) is 36.4 Å². The molecule has 0 aliphatic carbocycles. The molecule has 0 fully saturated rings. The molecule has 1 unspecified atom stereocenters. The predicted molar refractivity (Wildman–Crippen MR) is 90.8 cm³/mol. The molecule has 0 saturated heterocycles. The van der Waals surface area contributed by atoms with Gasteiger partial charge in [0.2, 0.25) is 0 Å². The number of nitrogens with zero attached hydrogens (tertiary/aromatic N) is 1. The van der Waals surface area contributed by atoms with E-state index in [4.69, 9.17) is 11.6 Å². The van der Waals surface area contributed by atoms with E-state index in [9.17, 15) is 0 Å². The second kappa shape index (κ2) is 7.33. The zero-order valence-corrected chi connectivity index (χ0v) is 14.5. The summed E-state index contributed by atoms with van der Waals surface area (Å²) in [6.07, 6.45) is 1.20. The highest BCUT2D eigenvalue weighted by Crippen LogP contribution is 2.25. The van der Waals surface area contributed by atoms with Gasteiger partial charge in [-0.2, -0.15) is 0 Å². The molecule has 1 N–H and O–H groups in total. The SMILES string of the molecule is CCC(C)CN(C)c1ccc(Cl)cc1CNC(C)(C)C. The lowest BCUT2D eigenvalue weighted by atomic mass is 10.1. The molecule has 0 aliphatic rings. The van der Waals surface area contributed by atoms with Crippen LogP contribution in [0.15, 0.2) is 18.2 Å². The van der Waals surface area contributed by atoms with Gasteiger partial charge in [-0.25, -0.2) is 0 Å². The number of halogens is 1. The standard InChI is InChI=1S/C17H29ClN2/c1-7-13(2)12-20(6)16-9-8-15(18)10-14(16)11-19-17(3,4)5/h8-10,13,19H,7,11-12H2,1-6H3. The molecule has 1 atom stereocenters. The summed E-state index contributed by atoms with van der Waals surface area (Å²) in [5.41, 5.74) is 2.64. The Kier molecular flexibility index (Phi) is 6.35. The fourth-order valence-corrected chi connectivity index (χ4v) is 2.32. The summed E-state index contributed by atoms with van der Waals surface area (Å²) in [6, 6.07) is 6.18. The van der Waals surface area contributed by atoms with Gasteiger partial charge in [0.1, 0.15) is 0 Å². The van der Waals surface area contributed by atoms with Crippen LogP contribution in [0.25, 0.3) is 0 Å². The van der Waals surface area contributed by atoms with Crippen molar-refractivity contribution in [3.05, 3.63) is 28.8 Å². The molecule has 0 bridgehead atoms. The van der Waals surface area contributed by atoms with Gasteiger partial charge in [0.15, 0.2) is 0 Å². The zero-order chi connectivity index (χ0) is 15.3. The highest BCUT2D eigenvalue weighted by Gasteiger charge is 2.14. The first-order valence-electron chi connectivity index (χ1n) is 7.47. The third-order valence-electron chi connectivity index (χ3n) is 3.54. The van der Waals surface area contributed by atoms with E-state index in [1.54, 1.807) is 0 Å². The summed E-state index contributed by atoms with van der Waals surface area (Å²) < 4.78 is 0. The van der Waals surface area contributed by atoms with Crippen molar-refractivity contribution in [2.24, 2.45) is 5.92 Å². The monoisotopic (exact) mass is 296 g/mol. The minimum Gasteiger partial charge on any atom is -0.374 e. The van der Waals surface area contributed by atoms with Crippen molar-refractivity contribution in [1.29, 1.82) is 0 Å². The van der Waals surface area contributed by atoms with Crippen molar-refractivity contribution in [2.45, 2.75) is 53.1 Å². The Bertz CT molecular complexity index is 423. The van der Waals surface area contributed by atoms with E-state index in [1.165, 1.54) is 17.7 Å². The number of anilines is 1. The average molecular weight is 297 g/mol. The molecule has 20 heavy (non-hydrogen) atoms. The van der Waals surface area contributed by atoms with E-state index in [0.29, 0.717) is 5.92 Å². The van der Waals surface area contributed by atoms with E-state index >= 15 is 0 Å². The molecule has 1 aromatic carbocycles. The maximum absolute atomic E-state index is 6.16. The Morgan fingerprint density at radius 2 is 1.95 bits per heavy atom. The Labute approximate surface area is 129 Å². The van der Waals surface area contributed by atoms with Crippen LogP contribution < -0.4 is 10.2 Å². The Balaban J connectivity index is 2.89. The van der Waals surface area contributed by atoms with Crippen LogP contribution in [-0.4, -0.2) is 19.1 Å². The molecule has 3 heteroatoms. The van der Waals surface area contributed by atoms with Crippen LogP contribution >= 0.6 is 11.6 Å². The van der Waals surface area contributed by atoms with Crippen LogP contribution in [-0.2, 0) is 6.54 Å². The second-order valence-corrected chi connectivity index (χ2v) is 7.21. The summed E-state index contributed by atoms with van der Waals surface area (Å²) in [5, 5.41) is 4.34. The fourth-order valence-electron chi connectivity index (χ4n) is 2.12. The minimum absolute atomic E-state index is 0.106. The van der Waals surface area contributed by atoms with Crippen molar-refractivity contribution in [3.63, 3.8) is 0 Å².